The average Bonchev–Trinajstić information content (AvgIpc) is 3.51. The van der Waals surface area contributed by atoms with E-state index in [0.29, 0.717) is 24.1 Å². The van der Waals surface area contributed by atoms with Crippen molar-refractivity contribution < 1.29 is 4.79 Å². The maximum atomic E-state index is 12.9. The fraction of sp³-hybridized carbons (Fsp3) is 0.667. The molecule has 2 aliphatic carbocycles. The third-order valence-corrected chi connectivity index (χ3v) is 5.92. The summed E-state index contributed by atoms with van der Waals surface area (Å²) >= 11 is 0. The van der Waals surface area contributed by atoms with Crippen LogP contribution in [-0.4, -0.2) is 49.3 Å². The molecule has 2 aromatic rings. The Morgan fingerprint density at radius 3 is 2.72 bits per heavy atom. The second-order valence-corrected chi connectivity index (χ2v) is 7.80. The number of nitrogens with one attached hydrogen (secondary N) is 2. The molecular formula is C18H24N6O. The molecule has 1 amide bonds. The van der Waals surface area contributed by atoms with Gasteiger partial charge in [-0.1, -0.05) is 6.92 Å². The van der Waals surface area contributed by atoms with Gasteiger partial charge < -0.3 is 4.90 Å². The van der Waals surface area contributed by atoms with Gasteiger partial charge in [-0.3, -0.25) is 15.0 Å². The van der Waals surface area contributed by atoms with E-state index in [1.54, 1.807) is 0 Å². The Hall–Kier alpha value is -2.18. The predicted octanol–water partition coefficient (Wildman–Crippen LogP) is 2.23. The van der Waals surface area contributed by atoms with Gasteiger partial charge in [0.2, 0.25) is 0 Å². The first-order chi connectivity index (χ1) is 12.2. The second-order valence-electron chi connectivity index (χ2n) is 7.80. The Morgan fingerprint density at radius 1 is 1.20 bits per heavy atom. The van der Waals surface area contributed by atoms with Crippen LogP contribution in [0.1, 0.15) is 72.3 Å². The van der Waals surface area contributed by atoms with Gasteiger partial charge in [0.15, 0.2) is 5.82 Å². The van der Waals surface area contributed by atoms with E-state index in [4.69, 9.17) is 4.98 Å². The lowest BCUT2D eigenvalue weighted by Gasteiger charge is -2.14. The highest BCUT2D eigenvalue weighted by Gasteiger charge is 2.46. The molecule has 25 heavy (non-hydrogen) atoms. The number of carbonyl (C=O) groups excluding carboxylic acids is 1. The lowest BCUT2D eigenvalue weighted by molar-refractivity contribution is 0.0779. The number of hydrogen-bond acceptors (Lipinski definition) is 4. The maximum absolute atomic E-state index is 12.9. The molecule has 3 heterocycles. The van der Waals surface area contributed by atoms with E-state index in [0.717, 1.165) is 36.2 Å². The third-order valence-electron chi connectivity index (χ3n) is 5.92. The fourth-order valence-corrected chi connectivity index (χ4v) is 4.08. The number of aromatic amines is 2. The van der Waals surface area contributed by atoms with E-state index in [1.807, 2.05) is 11.0 Å². The molecule has 0 bridgehead atoms. The molecule has 3 aliphatic rings. The first-order valence-corrected chi connectivity index (χ1v) is 9.48. The standard InChI is InChI=1S/C18H24N6O/c1-2-12-7-15(21-20-12)18(25)24-8-13(10-3-4-10)14(9-24)17-19-16(22-23-17)11-5-6-11/h7,10-11,13-14H,2-6,8-9H2,1H3,(H,20,21)(H,19,22,23)/t13-,14+/m1/s1. The zero-order chi connectivity index (χ0) is 17.0. The number of H-pyrrole nitrogens is 2. The van der Waals surface area contributed by atoms with Crippen molar-refractivity contribution in [3.63, 3.8) is 0 Å². The molecular weight excluding hydrogens is 316 g/mol. The summed E-state index contributed by atoms with van der Waals surface area (Å²) in [4.78, 5) is 19.6. The molecule has 0 unspecified atom stereocenters. The summed E-state index contributed by atoms with van der Waals surface area (Å²) in [6.45, 7) is 3.58. The number of nitrogens with zero attached hydrogens (tertiary/aromatic N) is 4. The summed E-state index contributed by atoms with van der Waals surface area (Å²) in [5.41, 5.74) is 1.53. The van der Waals surface area contributed by atoms with Crippen LogP contribution >= 0.6 is 0 Å². The number of amides is 1. The van der Waals surface area contributed by atoms with E-state index in [2.05, 4.69) is 27.3 Å². The first-order valence-electron chi connectivity index (χ1n) is 9.48. The molecule has 3 fully saturated rings. The Balaban J connectivity index is 1.36. The lowest BCUT2D eigenvalue weighted by atomic mass is 9.91. The maximum Gasteiger partial charge on any atom is 0.274 e. The van der Waals surface area contributed by atoms with E-state index < -0.39 is 0 Å². The highest BCUT2D eigenvalue weighted by Crippen LogP contribution is 2.47. The summed E-state index contributed by atoms with van der Waals surface area (Å²) in [6.07, 6.45) is 5.81. The normalized spacial score (nSPS) is 26.4. The minimum Gasteiger partial charge on any atom is -0.336 e. The molecule has 7 heteroatoms. The highest BCUT2D eigenvalue weighted by molar-refractivity contribution is 5.92. The number of likely N-dealkylation sites (tertiary alicyclic amines) is 1. The Bertz CT molecular complexity index is 787. The van der Waals surface area contributed by atoms with Gasteiger partial charge in [-0.05, 0) is 50.0 Å². The molecule has 2 saturated carbocycles. The molecule has 1 aliphatic heterocycles. The Labute approximate surface area is 146 Å². The van der Waals surface area contributed by atoms with Crippen molar-refractivity contribution in [1.29, 1.82) is 0 Å². The summed E-state index contributed by atoms with van der Waals surface area (Å²) < 4.78 is 0. The molecule has 0 radical (unpaired) electrons. The first kappa shape index (κ1) is 15.1. The van der Waals surface area contributed by atoms with Crippen LogP contribution in [0, 0.1) is 11.8 Å². The van der Waals surface area contributed by atoms with Crippen LogP contribution in [-0.2, 0) is 6.42 Å². The molecule has 2 atom stereocenters. The van der Waals surface area contributed by atoms with Crippen LogP contribution in [0.2, 0.25) is 0 Å². The van der Waals surface area contributed by atoms with E-state index in [1.165, 1.54) is 25.7 Å². The van der Waals surface area contributed by atoms with Gasteiger partial charge in [-0.25, -0.2) is 4.98 Å². The third kappa shape index (κ3) is 2.75. The number of carbonyl (C=O) groups is 1. The van der Waals surface area contributed by atoms with Crippen molar-refractivity contribution in [2.45, 2.75) is 50.9 Å². The number of aryl methyl sites for hydroxylation is 1. The van der Waals surface area contributed by atoms with E-state index in [-0.39, 0.29) is 11.8 Å². The predicted molar refractivity (Wildman–Crippen MR) is 91.2 cm³/mol. The van der Waals surface area contributed by atoms with Gasteiger partial charge in [0.05, 0.1) is 0 Å². The van der Waals surface area contributed by atoms with Crippen molar-refractivity contribution in [1.82, 2.24) is 30.3 Å². The van der Waals surface area contributed by atoms with Gasteiger partial charge in [0.1, 0.15) is 11.5 Å². The van der Waals surface area contributed by atoms with Crippen molar-refractivity contribution in [3.8, 4) is 0 Å². The summed E-state index contributed by atoms with van der Waals surface area (Å²) in [7, 11) is 0. The van der Waals surface area contributed by atoms with Crippen molar-refractivity contribution in [3.05, 3.63) is 29.1 Å². The van der Waals surface area contributed by atoms with E-state index >= 15 is 0 Å². The largest absolute Gasteiger partial charge is 0.336 e. The summed E-state index contributed by atoms with van der Waals surface area (Å²) in [5, 5.41) is 14.7. The molecule has 7 nitrogen and oxygen atoms in total. The van der Waals surface area contributed by atoms with Crippen LogP contribution in [0.4, 0.5) is 0 Å². The fourth-order valence-electron chi connectivity index (χ4n) is 4.08. The van der Waals surface area contributed by atoms with Crippen LogP contribution in [0.15, 0.2) is 6.07 Å². The Kier molecular flexibility index (Phi) is 3.43. The number of aromatic nitrogens is 5. The van der Waals surface area contributed by atoms with Gasteiger partial charge in [0.25, 0.3) is 5.91 Å². The summed E-state index contributed by atoms with van der Waals surface area (Å²) in [6, 6.07) is 1.88. The highest BCUT2D eigenvalue weighted by atomic mass is 16.2. The molecule has 2 aromatic heterocycles. The zero-order valence-electron chi connectivity index (χ0n) is 14.5. The van der Waals surface area contributed by atoms with Crippen molar-refractivity contribution in [2.24, 2.45) is 11.8 Å². The smallest absolute Gasteiger partial charge is 0.274 e. The molecule has 132 valence electrons. The molecule has 0 aromatic carbocycles. The van der Waals surface area contributed by atoms with Gasteiger partial charge >= 0.3 is 0 Å². The lowest BCUT2D eigenvalue weighted by Crippen LogP contribution is -2.29. The van der Waals surface area contributed by atoms with Crippen LogP contribution in [0.5, 0.6) is 0 Å². The summed E-state index contributed by atoms with van der Waals surface area (Å²) in [5.74, 6) is 4.03. The van der Waals surface area contributed by atoms with Gasteiger partial charge in [0, 0.05) is 30.6 Å². The van der Waals surface area contributed by atoms with Crippen LogP contribution < -0.4 is 0 Å². The zero-order valence-corrected chi connectivity index (χ0v) is 14.5. The Morgan fingerprint density at radius 2 is 2.04 bits per heavy atom. The average molecular weight is 340 g/mol. The monoisotopic (exact) mass is 340 g/mol. The van der Waals surface area contributed by atoms with Crippen LogP contribution in [0.3, 0.4) is 0 Å². The number of hydrogen-bond donors (Lipinski definition) is 2. The van der Waals surface area contributed by atoms with Crippen molar-refractivity contribution >= 4 is 5.91 Å². The van der Waals surface area contributed by atoms with E-state index in [9.17, 15) is 4.79 Å². The molecule has 5 rings (SSSR count). The second kappa shape index (κ2) is 5.68. The molecule has 1 saturated heterocycles. The van der Waals surface area contributed by atoms with Gasteiger partial charge in [-0.15, -0.1) is 0 Å². The van der Waals surface area contributed by atoms with Gasteiger partial charge in [-0.2, -0.15) is 10.2 Å². The minimum absolute atomic E-state index is 0.0334. The SMILES string of the molecule is CCc1cc(C(=O)N2C[C@H](c3nc(C4CC4)n[nH]3)[C@@H](C3CC3)C2)n[nH]1. The van der Waals surface area contributed by atoms with Crippen molar-refractivity contribution in [2.75, 3.05) is 13.1 Å². The topological polar surface area (TPSA) is 90.6 Å². The molecule has 2 N–H and O–H groups in total. The number of rotatable bonds is 5. The quantitative estimate of drug-likeness (QED) is 0.873. The molecule has 0 spiro atoms. The minimum atomic E-state index is 0.0334. The van der Waals surface area contributed by atoms with Crippen LogP contribution in [0.25, 0.3) is 0 Å².